The summed E-state index contributed by atoms with van der Waals surface area (Å²) in [5.41, 5.74) is 3.90. The zero-order valence-electron chi connectivity index (χ0n) is 11.2. The van der Waals surface area contributed by atoms with E-state index in [4.69, 9.17) is 0 Å². The fourth-order valence-electron chi connectivity index (χ4n) is 2.16. The number of pyridine rings is 1. The van der Waals surface area contributed by atoms with Crippen LogP contribution in [0.4, 0.5) is 0 Å². The summed E-state index contributed by atoms with van der Waals surface area (Å²) in [6.07, 6.45) is 3.68. The molecule has 0 radical (unpaired) electrons. The number of rotatable bonds is 4. The average molecular weight is 240 g/mol. The highest BCUT2D eigenvalue weighted by atomic mass is 14.9. The molecule has 2 unspecified atom stereocenters. The SMILES string of the molecule is Cc1cccc(C(C)NC(C)c2ccncc2)c1. The van der Waals surface area contributed by atoms with Gasteiger partial charge in [0, 0.05) is 24.5 Å². The molecule has 0 amide bonds. The maximum atomic E-state index is 4.05. The van der Waals surface area contributed by atoms with E-state index >= 15 is 0 Å². The standard InChI is InChI=1S/C16H20N2/c1-12-5-4-6-16(11-12)14(3)18-13(2)15-7-9-17-10-8-15/h4-11,13-14,18H,1-3H3. The molecule has 0 aliphatic heterocycles. The van der Waals surface area contributed by atoms with Crippen molar-refractivity contribution in [1.82, 2.24) is 10.3 Å². The maximum Gasteiger partial charge on any atom is 0.0298 e. The molecule has 2 heteroatoms. The van der Waals surface area contributed by atoms with Gasteiger partial charge in [-0.05, 0) is 44.0 Å². The number of aryl methyl sites for hydroxylation is 1. The van der Waals surface area contributed by atoms with Crippen molar-refractivity contribution < 1.29 is 0 Å². The van der Waals surface area contributed by atoms with E-state index in [2.05, 4.69) is 67.5 Å². The summed E-state index contributed by atoms with van der Waals surface area (Å²) >= 11 is 0. The summed E-state index contributed by atoms with van der Waals surface area (Å²) in [5.74, 6) is 0. The molecule has 2 aromatic rings. The van der Waals surface area contributed by atoms with Crippen LogP contribution in [0.25, 0.3) is 0 Å². The van der Waals surface area contributed by atoms with Crippen LogP contribution in [0.2, 0.25) is 0 Å². The van der Waals surface area contributed by atoms with Crippen molar-refractivity contribution in [3.8, 4) is 0 Å². The minimum Gasteiger partial charge on any atom is -0.304 e. The van der Waals surface area contributed by atoms with Gasteiger partial charge >= 0.3 is 0 Å². The summed E-state index contributed by atoms with van der Waals surface area (Å²) in [6, 6.07) is 13.4. The molecule has 0 aliphatic carbocycles. The van der Waals surface area contributed by atoms with Gasteiger partial charge < -0.3 is 5.32 Å². The molecule has 1 aromatic carbocycles. The molecule has 0 spiro atoms. The van der Waals surface area contributed by atoms with E-state index in [0.29, 0.717) is 12.1 Å². The van der Waals surface area contributed by atoms with Crippen LogP contribution in [-0.2, 0) is 0 Å². The lowest BCUT2D eigenvalue weighted by Gasteiger charge is -2.21. The number of aromatic nitrogens is 1. The first kappa shape index (κ1) is 12.8. The second-order valence-electron chi connectivity index (χ2n) is 4.80. The summed E-state index contributed by atoms with van der Waals surface area (Å²) in [5, 5.41) is 3.61. The lowest BCUT2D eigenvalue weighted by atomic mass is 10.0. The predicted molar refractivity (Wildman–Crippen MR) is 75.4 cm³/mol. The summed E-state index contributed by atoms with van der Waals surface area (Å²) in [6.45, 7) is 6.51. The van der Waals surface area contributed by atoms with Gasteiger partial charge in [0.2, 0.25) is 0 Å². The lowest BCUT2D eigenvalue weighted by molar-refractivity contribution is 0.494. The number of benzene rings is 1. The lowest BCUT2D eigenvalue weighted by Crippen LogP contribution is -2.22. The summed E-state index contributed by atoms with van der Waals surface area (Å²) in [7, 11) is 0. The molecule has 0 fully saturated rings. The van der Waals surface area contributed by atoms with Gasteiger partial charge in [0.05, 0.1) is 0 Å². The van der Waals surface area contributed by atoms with Crippen LogP contribution >= 0.6 is 0 Å². The van der Waals surface area contributed by atoms with Crippen LogP contribution in [0.3, 0.4) is 0 Å². The Bertz CT molecular complexity index is 493. The quantitative estimate of drug-likeness (QED) is 0.879. The fourth-order valence-corrected chi connectivity index (χ4v) is 2.16. The molecule has 1 N–H and O–H groups in total. The topological polar surface area (TPSA) is 24.9 Å². The molecule has 0 saturated heterocycles. The minimum atomic E-state index is 0.323. The largest absolute Gasteiger partial charge is 0.304 e. The molecule has 18 heavy (non-hydrogen) atoms. The second kappa shape index (κ2) is 5.78. The van der Waals surface area contributed by atoms with Crippen molar-refractivity contribution in [3.63, 3.8) is 0 Å². The van der Waals surface area contributed by atoms with E-state index in [1.54, 1.807) is 0 Å². The van der Waals surface area contributed by atoms with Crippen molar-refractivity contribution in [1.29, 1.82) is 0 Å². The van der Waals surface area contributed by atoms with Crippen LogP contribution < -0.4 is 5.32 Å². The first-order chi connectivity index (χ1) is 8.66. The van der Waals surface area contributed by atoms with Crippen LogP contribution in [0.15, 0.2) is 48.8 Å². The predicted octanol–water partition coefficient (Wildman–Crippen LogP) is 3.80. The third-order valence-corrected chi connectivity index (χ3v) is 3.25. The molecule has 0 aliphatic rings. The van der Waals surface area contributed by atoms with E-state index in [1.807, 2.05) is 12.4 Å². The maximum absolute atomic E-state index is 4.05. The van der Waals surface area contributed by atoms with Crippen LogP contribution in [0.1, 0.15) is 42.6 Å². The molecular weight excluding hydrogens is 220 g/mol. The highest BCUT2D eigenvalue weighted by Crippen LogP contribution is 2.19. The number of hydrogen-bond acceptors (Lipinski definition) is 2. The molecule has 0 saturated carbocycles. The zero-order valence-corrected chi connectivity index (χ0v) is 11.2. The van der Waals surface area contributed by atoms with E-state index < -0.39 is 0 Å². The molecule has 1 aromatic heterocycles. The highest BCUT2D eigenvalue weighted by molar-refractivity contribution is 5.25. The van der Waals surface area contributed by atoms with Crippen LogP contribution in [-0.4, -0.2) is 4.98 Å². The van der Waals surface area contributed by atoms with Gasteiger partial charge in [-0.15, -0.1) is 0 Å². The zero-order chi connectivity index (χ0) is 13.0. The van der Waals surface area contributed by atoms with Gasteiger partial charge in [-0.1, -0.05) is 29.8 Å². The van der Waals surface area contributed by atoms with Gasteiger partial charge in [-0.25, -0.2) is 0 Å². The molecule has 2 rings (SSSR count). The Morgan fingerprint density at radius 3 is 2.28 bits per heavy atom. The monoisotopic (exact) mass is 240 g/mol. The smallest absolute Gasteiger partial charge is 0.0298 e. The molecule has 2 nitrogen and oxygen atoms in total. The first-order valence-electron chi connectivity index (χ1n) is 6.39. The van der Waals surface area contributed by atoms with Gasteiger partial charge in [-0.3, -0.25) is 4.98 Å². The molecule has 2 atom stereocenters. The Hall–Kier alpha value is -1.67. The third kappa shape index (κ3) is 3.17. The van der Waals surface area contributed by atoms with E-state index in [9.17, 15) is 0 Å². The van der Waals surface area contributed by atoms with Crippen molar-refractivity contribution in [2.45, 2.75) is 32.9 Å². The second-order valence-corrected chi connectivity index (χ2v) is 4.80. The van der Waals surface area contributed by atoms with Crippen molar-refractivity contribution >= 4 is 0 Å². The summed E-state index contributed by atoms with van der Waals surface area (Å²) in [4.78, 5) is 4.05. The Balaban J connectivity index is 2.05. The fraction of sp³-hybridized carbons (Fsp3) is 0.312. The van der Waals surface area contributed by atoms with E-state index in [0.717, 1.165) is 0 Å². The number of nitrogens with zero attached hydrogens (tertiary/aromatic N) is 1. The normalized spacial score (nSPS) is 14.2. The highest BCUT2D eigenvalue weighted by Gasteiger charge is 2.10. The van der Waals surface area contributed by atoms with Crippen molar-refractivity contribution in [2.24, 2.45) is 0 Å². The number of nitrogens with one attached hydrogen (secondary N) is 1. The Morgan fingerprint density at radius 1 is 0.944 bits per heavy atom. The van der Waals surface area contributed by atoms with E-state index in [1.165, 1.54) is 16.7 Å². The van der Waals surface area contributed by atoms with Crippen LogP contribution in [0.5, 0.6) is 0 Å². The Kier molecular flexibility index (Phi) is 4.11. The molecule has 0 bridgehead atoms. The average Bonchev–Trinajstić information content (AvgIpc) is 2.39. The number of hydrogen-bond donors (Lipinski definition) is 1. The van der Waals surface area contributed by atoms with Crippen molar-refractivity contribution in [2.75, 3.05) is 0 Å². The van der Waals surface area contributed by atoms with Gasteiger partial charge in [0.15, 0.2) is 0 Å². The van der Waals surface area contributed by atoms with Gasteiger partial charge in [-0.2, -0.15) is 0 Å². The summed E-state index contributed by atoms with van der Waals surface area (Å²) < 4.78 is 0. The first-order valence-corrected chi connectivity index (χ1v) is 6.39. The van der Waals surface area contributed by atoms with Crippen LogP contribution in [0, 0.1) is 6.92 Å². The van der Waals surface area contributed by atoms with Crippen molar-refractivity contribution in [3.05, 3.63) is 65.5 Å². The van der Waals surface area contributed by atoms with E-state index in [-0.39, 0.29) is 0 Å². The van der Waals surface area contributed by atoms with Gasteiger partial charge in [0.1, 0.15) is 0 Å². The molecule has 1 heterocycles. The molecular formula is C16H20N2. The van der Waals surface area contributed by atoms with Gasteiger partial charge in [0.25, 0.3) is 0 Å². The Labute approximate surface area is 109 Å². The Morgan fingerprint density at radius 2 is 1.61 bits per heavy atom. The molecule has 94 valence electrons. The minimum absolute atomic E-state index is 0.323. The third-order valence-electron chi connectivity index (χ3n) is 3.25.